The van der Waals surface area contributed by atoms with E-state index in [-0.39, 0.29) is 5.91 Å². The van der Waals surface area contributed by atoms with Crippen molar-refractivity contribution in [1.29, 1.82) is 5.26 Å². The summed E-state index contributed by atoms with van der Waals surface area (Å²) >= 11 is 0. The number of amides is 1. The molecule has 1 fully saturated rings. The normalized spacial score (nSPS) is 18.9. The maximum atomic E-state index is 11.5. The molecule has 1 rings (SSSR count). The predicted molar refractivity (Wildman–Crippen MR) is 45.6 cm³/mol. The van der Waals surface area contributed by atoms with Gasteiger partial charge in [-0.05, 0) is 6.92 Å². The van der Waals surface area contributed by atoms with Crippen LogP contribution >= 0.6 is 0 Å². The van der Waals surface area contributed by atoms with E-state index in [9.17, 15) is 4.79 Å². The third-order valence-electron chi connectivity index (χ3n) is 1.97. The topological polar surface area (TPSA) is 65.4 Å². The standard InChI is InChI=1S/C8H13N3O2/c1-7(10-6-9)8(12)11-2-4-13-5-3-11/h7,10H,2-5H2,1H3. The van der Waals surface area contributed by atoms with Crippen LogP contribution in [0.4, 0.5) is 0 Å². The molecule has 1 aliphatic rings. The minimum atomic E-state index is -0.428. The third kappa shape index (κ3) is 2.60. The molecule has 13 heavy (non-hydrogen) atoms. The first-order chi connectivity index (χ1) is 6.25. The van der Waals surface area contributed by atoms with Crippen molar-refractivity contribution in [3.63, 3.8) is 0 Å². The average molecular weight is 183 g/mol. The van der Waals surface area contributed by atoms with Gasteiger partial charge in [-0.3, -0.25) is 4.79 Å². The first-order valence-electron chi connectivity index (χ1n) is 4.27. The summed E-state index contributed by atoms with van der Waals surface area (Å²) in [4.78, 5) is 13.3. The van der Waals surface area contributed by atoms with Gasteiger partial charge in [-0.1, -0.05) is 0 Å². The number of rotatable bonds is 2. The van der Waals surface area contributed by atoms with Crippen LogP contribution in [0.1, 0.15) is 6.92 Å². The molecule has 0 aliphatic carbocycles. The predicted octanol–water partition coefficient (Wildman–Crippen LogP) is -0.696. The first-order valence-corrected chi connectivity index (χ1v) is 4.27. The molecule has 5 heteroatoms. The van der Waals surface area contributed by atoms with Gasteiger partial charge in [0.15, 0.2) is 6.19 Å². The lowest BCUT2D eigenvalue weighted by Crippen LogP contribution is -2.48. The molecule has 0 aromatic rings. The van der Waals surface area contributed by atoms with Crippen molar-refractivity contribution in [2.45, 2.75) is 13.0 Å². The number of nitrogens with zero attached hydrogens (tertiary/aromatic N) is 2. The van der Waals surface area contributed by atoms with Crippen molar-refractivity contribution in [3.8, 4) is 6.19 Å². The molecule has 0 radical (unpaired) electrons. The summed E-state index contributed by atoms with van der Waals surface area (Å²) in [6.45, 7) is 4.10. The minimum Gasteiger partial charge on any atom is -0.378 e. The van der Waals surface area contributed by atoms with E-state index in [1.54, 1.807) is 18.0 Å². The van der Waals surface area contributed by atoms with E-state index in [4.69, 9.17) is 10.00 Å². The van der Waals surface area contributed by atoms with Gasteiger partial charge in [-0.15, -0.1) is 0 Å². The van der Waals surface area contributed by atoms with Crippen LogP contribution in [0.25, 0.3) is 0 Å². The van der Waals surface area contributed by atoms with Gasteiger partial charge in [0.05, 0.1) is 13.2 Å². The van der Waals surface area contributed by atoms with Crippen LogP contribution in [0.15, 0.2) is 0 Å². The maximum absolute atomic E-state index is 11.5. The Bertz CT molecular complexity index is 218. The Morgan fingerprint density at radius 3 is 2.77 bits per heavy atom. The van der Waals surface area contributed by atoms with Gasteiger partial charge in [0.1, 0.15) is 6.04 Å². The molecule has 1 atom stereocenters. The van der Waals surface area contributed by atoms with Crippen molar-refractivity contribution in [3.05, 3.63) is 0 Å². The zero-order valence-corrected chi connectivity index (χ0v) is 7.62. The van der Waals surface area contributed by atoms with Gasteiger partial charge in [0.2, 0.25) is 5.91 Å². The molecule has 72 valence electrons. The zero-order chi connectivity index (χ0) is 9.68. The molecule has 0 bridgehead atoms. The number of hydrogen-bond acceptors (Lipinski definition) is 4. The molecule has 1 amide bonds. The molecule has 0 spiro atoms. The van der Waals surface area contributed by atoms with E-state index < -0.39 is 6.04 Å². The van der Waals surface area contributed by atoms with E-state index in [0.717, 1.165) is 0 Å². The number of ether oxygens (including phenoxy) is 1. The van der Waals surface area contributed by atoms with Gasteiger partial charge in [0, 0.05) is 13.1 Å². The van der Waals surface area contributed by atoms with Crippen molar-refractivity contribution in [1.82, 2.24) is 10.2 Å². The average Bonchev–Trinajstić information content (AvgIpc) is 2.18. The second-order valence-electron chi connectivity index (χ2n) is 2.92. The highest BCUT2D eigenvalue weighted by molar-refractivity contribution is 5.81. The van der Waals surface area contributed by atoms with Crippen LogP contribution in [-0.2, 0) is 9.53 Å². The highest BCUT2D eigenvalue weighted by Crippen LogP contribution is 1.99. The Kier molecular flexibility index (Phi) is 3.53. The largest absolute Gasteiger partial charge is 0.378 e. The monoisotopic (exact) mass is 183 g/mol. The second kappa shape index (κ2) is 4.67. The summed E-state index contributed by atoms with van der Waals surface area (Å²) < 4.78 is 5.11. The highest BCUT2D eigenvalue weighted by Gasteiger charge is 2.21. The molecule has 1 unspecified atom stereocenters. The Balaban J connectivity index is 2.41. The lowest BCUT2D eigenvalue weighted by atomic mass is 10.2. The van der Waals surface area contributed by atoms with Crippen molar-refractivity contribution in [2.75, 3.05) is 26.3 Å². The molecule has 1 saturated heterocycles. The Hall–Kier alpha value is -1.28. The molecule has 1 heterocycles. The molecule has 1 N–H and O–H groups in total. The Morgan fingerprint density at radius 2 is 2.23 bits per heavy atom. The Labute approximate surface area is 77.3 Å². The summed E-state index contributed by atoms with van der Waals surface area (Å²) in [6.07, 6.45) is 1.76. The van der Waals surface area contributed by atoms with E-state index in [0.29, 0.717) is 26.3 Å². The summed E-state index contributed by atoms with van der Waals surface area (Å²) in [6, 6.07) is -0.428. The van der Waals surface area contributed by atoms with Gasteiger partial charge < -0.3 is 15.0 Å². The summed E-state index contributed by atoms with van der Waals surface area (Å²) in [7, 11) is 0. The van der Waals surface area contributed by atoms with E-state index in [1.807, 2.05) is 0 Å². The van der Waals surface area contributed by atoms with E-state index in [2.05, 4.69) is 5.32 Å². The van der Waals surface area contributed by atoms with Crippen LogP contribution in [0, 0.1) is 11.5 Å². The van der Waals surface area contributed by atoms with Crippen LogP contribution in [-0.4, -0.2) is 43.2 Å². The van der Waals surface area contributed by atoms with Gasteiger partial charge >= 0.3 is 0 Å². The lowest BCUT2D eigenvalue weighted by Gasteiger charge is -2.28. The quantitative estimate of drug-likeness (QED) is 0.454. The molecule has 0 aromatic carbocycles. The number of nitriles is 1. The second-order valence-corrected chi connectivity index (χ2v) is 2.92. The van der Waals surface area contributed by atoms with Crippen molar-refractivity contribution < 1.29 is 9.53 Å². The summed E-state index contributed by atoms with van der Waals surface area (Å²) in [5.41, 5.74) is 0. The summed E-state index contributed by atoms with van der Waals surface area (Å²) in [5, 5.41) is 10.7. The molecule has 5 nitrogen and oxygen atoms in total. The molecule has 0 saturated carbocycles. The zero-order valence-electron chi connectivity index (χ0n) is 7.62. The fraction of sp³-hybridized carbons (Fsp3) is 0.750. The third-order valence-corrected chi connectivity index (χ3v) is 1.97. The van der Waals surface area contributed by atoms with Crippen LogP contribution in [0.2, 0.25) is 0 Å². The van der Waals surface area contributed by atoms with Crippen LogP contribution < -0.4 is 5.32 Å². The van der Waals surface area contributed by atoms with E-state index in [1.165, 1.54) is 0 Å². The number of carbonyl (C=O) groups excluding carboxylic acids is 1. The number of morpholine rings is 1. The van der Waals surface area contributed by atoms with Crippen LogP contribution in [0.5, 0.6) is 0 Å². The number of hydrogen-bond donors (Lipinski definition) is 1. The SMILES string of the molecule is CC(NC#N)C(=O)N1CCOCC1. The molecule has 1 aliphatic heterocycles. The first kappa shape index (κ1) is 9.81. The van der Waals surface area contributed by atoms with Gasteiger partial charge in [-0.25, -0.2) is 0 Å². The van der Waals surface area contributed by atoms with Gasteiger partial charge in [-0.2, -0.15) is 5.26 Å². The minimum absolute atomic E-state index is 0.0372. The smallest absolute Gasteiger partial charge is 0.245 e. The highest BCUT2D eigenvalue weighted by atomic mass is 16.5. The molecular weight excluding hydrogens is 170 g/mol. The molecule has 0 aromatic heterocycles. The fourth-order valence-corrected chi connectivity index (χ4v) is 1.22. The lowest BCUT2D eigenvalue weighted by molar-refractivity contribution is -0.136. The van der Waals surface area contributed by atoms with Gasteiger partial charge in [0.25, 0.3) is 0 Å². The molecular formula is C8H13N3O2. The summed E-state index contributed by atoms with van der Waals surface area (Å²) in [5.74, 6) is -0.0372. The van der Waals surface area contributed by atoms with Crippen molar-refractivity contribution in [2.24, 2.45) is 0 Å². The number of carbonyl (C=O) groups is 1. The van der Waals surface area contributed by atoms with Crippen molar-refractivity contribution >= 4 is 5.91 Å². The maximum Gasteiger partial charge on any atom is 0.245 e. The van der Waals surface area contributed by atoms with E-state index >= 15 is 0 Å². The van der Waals surface area contributed by atoms with Crippen LogP contribution in [0.3, 0.4) is 0 Å². The fourth-order valence-electron chi connectivity index (χ4n) is 1.22. The Morgan fingerprint density at radius 1 is 1.62 bits per heavy atom. The number of nitrogens with one attached hydrogen (secondary N) is 1.